The minimum Gasteiger partial charge on any atom is -0.381 e. The third-order valence-electron chi connectivity index (χ3n) is 2.71. The van der Waals surface area contributed by atoms with E-state index in [-0.39, 0.29) is 16.4 Å². The van der Waals surface area contributed by atoms with E-state index in [4.69, 9.17) is 10.00 Å². The number of sulfonamides is 1. The van der Waals surface area contributed by atoms with E-state index in [9.17, 15) is 8.42 Å². The van der Waals surface area contributed by atoms with Crippen molar-refractivity contribution in [3.05, 3.63) is 17.0 Å². The average Bonchev–Trinajstić information content (AvgIpc) is 2.71. The summed E-state index contributed by atoms with van der Waals surface area (Å²) in [7, 11) is -1.86. The third kappa shape index (κ3) is 2.66. The van der Waals surface area contributed by atoms with E-state index in [1.165, 1.54) is 12.1 Å². The van der Waals surface area contributed by atoms with E-state index < -0.39 is 10.0 Å². The summed E-state index contributed by atoms with van der Waals surface area (Å²) in [5.41, 5.74) is 0. The van der Waals surface area contributed by atoms with Gasteiger partial charge in [0.15, 0.2) is 0 Å². The molecule has 1 saturated carbocycles. The fourth-order valence-electron chi connectivity index (χ4n) is 1.66. The van der Waals surface area contributed by atoms with Crippen molar-refractivity contribution < 1.29 is 13.2 Å². The third-order valence-corrected chi connectivity index (χ3v) is 5.71. The number of nitriles is 1. The number of ether oxygens (including phenoxy) is 1. The van der Waals surface area contributed by atoms with Crippen LogP contribution in [-0.2, 0) is 14.8 Å². The highest BCUT2D eigenvalue weighted by Gasteiger charge is 2.33. The van der Waals surface area contributed by atoms with Crippen molar-refractivity contribution in [2.45, 2.75) is 29.2 Å². The van der Waals surface area contributed by atoms with Gasteiger partial charge in [-0.25, -0.2) is 13.1 Å². The van der Waals surface area contributed by atoms with Gasteiger partial charge in [-0.15, -0.1) is 11.3 Å². The molecule has 1 N–H and O–H groups in total. The summed E-state index contributed by atoms with van der Waals surface area (Å²) in [6, 6.07) is 4.83. The maximum absolute atomic E-state index is 11.9. The molecule has 92 valence electrons. The Morgan fingerprint density at radius 3 is 2.76 bits per heavy atom. The van der Waals surface area contributed by atoms with Crippen molar-refractivity contribution in [1.29, 1.82) is 5.26 Å². The van der Waals surface area contributed by atoms with Crippen LogP contribution in [0, 0.1) is 11.3 Å². The highest BCUT2D eigenvalue weighted by molar-refractivity contribution is 7.91. The topological polar surface area (TPSA) is 79.2 Å². The fraction of sp³-hybridized carbons (Fsp3) is 0.500. The van der Waals surface area contributed by atoms with Crippen LogP contribution in [0.25, 0.3) is 0 Å². The molecule has 0 aliphatic heterocycles. The van der Waals surface area contributed by atoms with Gasteiger partial charge in [0.2, 0.25) is 10.0 Å². The van der Waals surface area contributed by atoms with Crippen molar-refractivity contribution in [3.8, 4) is 6.07 Å². The molecule has 1 aliphatic rings. The van der Waals surface area contributed by atoms with Crippen LogP contribution in [0.15, 0.2) is 16.3 Å². The van der Waals surface area contributed by atoms with E-state index >= 15 is 0 Å². The molecule has 0 radical (unpaired) electrons. The predicted molar refractivity (Wildman–Crippen MR) is 63.2 cm³/mol. The molecule has 0 aromatic carbocycles. The van der Waals surface area contributed by atoms with Gasteiger partial charge in [-0.2, -0.15) is 5.26 Å². The van der Waals surface area contributed by atoms with E-state index in [1.54, 1.807) is 7.11 Å². The molecule has 1 heterocycles. The van der Waals surface area contributed by atoms with E-state index in [0.29, 0.717) is 17.7 Å². The smallest absolute Gasteiger partial charge is 0.250 e. The molecule has 1 aliphatic carbocycles. The average molecular weight is 272 g/mol. The molecule has 0 amide bonds. The fourth-order valence-corrected chi connectivity index (χ4v) is 4.04. The summed E-state index contributed by atoms with van der Waals surface area (Å²) in [5.74, 6) is 0. The van der Waals surface area contributed by atoms with Crippen LogP contribution in [0.5, 0.6) is 0 Å². The lowest BCUT2D eigenvalue weighted by molar-refractivity contribution is 0.0236. The normalized spacial score (nSPS) is 24.0. The summed E-state index contributed by atoms with van der Waals surface area (Å²) in [4.78, 5) is 0.397. The lowest BCUT2D eigenvalue weighted by Crippen LogP contribution is -2.47. The molecule has 0 unspecified atom stereocenters. The van der Waals surface area contributed by atoms with Crippen LogP contribution in [0.2, 0.25) is 0 Å². The van der Waals surface area contributed by atoms with Gasteiger partial charge in [-0.1, -0.05) is 0 Å². The van der Waals surface area contributed by atoms with Crippen molar-refractivity contribution in [2.75, 3.05) is 7.11 Å². The molecule has 7 heteroatoms. The Labute approximate surface area is 104 Å². The van der Waals surface area contributed by atoms with Crippen LogP contribution < -0.4 is 4.72 Å². The van der Waals surface area contributed by atoms with Gasteiger partial charge in [0.05, 0.1) is 6.10 Å². The Kier molecular flexibility index (Phi) is 3.49. The van der Waals surface area contributed by atoms with Crippen LogP contribution in [-0.4, -0.2) is 27.7 Å². The summed E-state index contributed by atoms with van der Waals surface area (Å²) in [6.07, 6.45) is 1.55. The zero-order chi connectivity index (χ0) is 12.5. The summed E-state index contributed by atoms with van der Waals surface area (Å²) >= 11 is 0.980. The maximum atomic E-state index is 11.9. The van der Waals surface area contributed by atoms with Crippen molar-refractivity contribution in [2.24, 2.45) is 0 Å². The van der Waals surface area contributed by atoms with Gasteiger partial charge in [-0.05, 0) is 25.0 Å². The Hall–Kier alpha value is -0.940. The second-order valence-corrected chi connectivity index (χ2v) is 6.90. The minimum absolute atomic E-state index is 0.0578. The van der Waals surface area contributed by atoms with Gasteiger partial charge in [-0.3, -0.25) is 0 Å². The Morgan fingerprint density at radius 2 is 2.24 bits per heavy atom. The molecule has 1 aromatic heterocycles. The lowest BCUT2D eigenvalue weighted by atomic mass is 9.90. The zero-order valence-corrected chi connectivity index (χ0v) is 10.8. The molecule has 0 spiro atoms. The number of nitrogens with zero attached hydrogens (tertiary/aromatic N) is 1. The van der Waals surface area contributed by atoms with Gasteiger partial charge in [0.1, 0.15) is 15.2 Å². The number of thiophene rings is 1. The van der Waals surface area contributed by atoms with Crippen molar-refractivity contribution in [3.63, 3.8) is 0 Å². The monoisotopic (exact) mass is 272 g/mol. The second-order valence-electron chi connectivity index (χ2n) is 3.88. The van der Waals surface area contributed by atoms with Crippen LogP contribution in [0.4, 0.5) is 0 Å². The first-order valence-corrected chi connectivity index (χ1v) is 7.40. The summed E-state index contributed by atoms with van der Waals surface area (Å²) in [6.45, 7) is 0. The first kappa shape index (κ1) is 12.5. The lowest BCUT2D eigenvalue weighted by Gasteiger charge is -2.34. The van der Waals surface area contributed by atoms with Crippen molar-refractivity contribution >= 4 is 21.4 Å². The largest absolute Gasteiger partial charge is 0.381 e. The minimum atomic E-state index is -3.48. The maximum Gasteiger partial charge on any atom is 0.250 e. The van der Waals surface area contributed by atoms with Gasteiger partial charge in [0.25, 0.3) is 0 Å². The SMILES string of the molecule is COC1CC(NS(=O)(=O)c2ccc(C#N)s2)C1. The molecule has 17 heavy (non-hydrogen) atoms. The molecule has 0 saturated heterocycles. The quantitative estimate of drug-likeness (QED) is 0.889. The molecule has 1 fully saturated rings. The Morgan fingerprint density at radius 1 is 1.53 bits per heavy atom. The number of methoxy groups -OCH3 is 1. The first-order chi connectivity index (χ1) is 8.05. The predicted octanol–water partition coefficient (Wildman–Crippen LogP) is 1.08. The van der Waals surface area contributed by atoms with E-state index in [1.807, 2.05) is 6.07 Å². The first-order valence-electron chi connectivity index (χ1n) is 5.10. The highest BCUT2D eigenvalue weighted by Crippen LogP contribution is 2.26. The number of hydrogen-bond acceptors (Lipinski definition) is 5. The van der Waals surface area contributed by atoms with Crippen molar-refractivity contribution in [1.82, 2.24) is 4.72 Å². The molecular formula is C10H12N2O3S2. The standard InChI is InChI=1S/C10H12N2O3S2/c1-15-8-4-7(5-8)12-17(13,14)10-3-2-9(6-11)16-10/h2-3,7-8,12H,4-5H2,1H3. The summed E-state index contributed by atoms with van der Waals surface area (Å²) in [5, 5.41) is 8.65. The van der Waals surface area contributed by atoms with Crippen LogP contribution in [0.1, 0.15) is 17.7 Å². The molecule has 0 atom stereocenters. The van der Waals surface area contributed by atoms with E-state index in [0.717, 1.165) is 11.3 Å². The second kappa shape index (κ2) is 4.74. The van der Waals surface area contributed by atoms with Crippen LogP contribution in [0.3, 0.4) is 0 Å². The van der Waals surface area contributed by atoms with Gasteiger partial charge >= 0.3 is 0 Å². The molecule has 2 rings (SSSR count). The summed E-state index contributed by atoms with van der Waals surface area (Å²) < 4.78 is 31.7. The number of nitrogens with one attached hydrogen (secondary N) is 1. The number of rotatable bonds is 4. The molecule has 0 bridgehead atoms. The number of hydrogen-bond donors (Lipinski definition) is 1. The molecular weight excluding hydrogens is 260 g/mol. The zero-order valence-electron chi connectivity index (χ0n) is 9.21. The van der Waals surface area contributed by atoms with Gasteiger partial charge in [0, 0.05) is 13.2 Å². The highest BCUT2D eigenvalue weighted by atomic mass is 32.2. The Bertz CT molecular complexity index is 538. The molecule has 5 nitrogen and oxygen atoms in total. The van der Waals surface area contributed by atoms with Gasteiger partial charge < -0.3 is 4.74 Å². The van der Waals surface area contributed by atoms with Crippen LogP contribution >= 0.6 is 11.3 Å². The molecule has 1 aromatic rings. The Balaban J connectivity index is 2.03. The van der Waals surface area contributed by atoms with E-state index in [2.05, 4.69) is 4.72 Å².